The Balaban J connectivity index is 2.47. The topological polar surface area (TPSA) is 61.4 Å². The van der Waals surface area contributed by atoms with Crippen LogP contribution in [0.3, 0.4) is 0 Å². The van der Waals surface area contributed by atoms with Crippen molar-refractivity contribution in [3.63, 3.8) is 0 Å². The van der Waals surface area contributed by atoms with E-state index in [1.807, 2.05) is 13.0 Å². The Bertz CT molecular complexity index is 394. The van der Waals surface area contributed by atoms with Gasteiger partial charge < -0.3 is 15.7 Å². The number of aliphatic hydroxyl groups is 1. The average Bonchev–Trinajstić information content (AvgIpc) is 2.23. The molecule has 0 aliphatic rings. The molecule has 0 spiro atoms. The van der Waals surface area contributed by atoms with E-state index in [-0.39, 0.29) is 6.03 Å². The molecule has 0 heterocycles. The van der Waals surface area contributed by atoms with E-state index in [9.17, 15) is 4.79 Å². The lowest BCUT2D eigenvalue weighted by atomic mass is 10.2. The molecule has 3 N–H and O–H groups in total. The number of nitrogens with one attached hydrogen (secondary N) is 2. The molecule has 5 heteroatoms. The molecule has 1 aromatic carbocycles. The number of benzene rings is 1. The second-order valence-electron chi connectivity index (χ2n) is 4.00. The molecule has 0 saturated heterocycles. The Hall–Kier alpha value is -1.26. The molecule has 1 aromatic rings. The van der Waals surface area contributed by atoms with Crippen LogP contribution in [0.4, 0.5) is 10.5 Å². The minimum atomic E-state index is -0.419. The monoisotopic (exact) mass is 256 g/mol. The Kier molecular flexibility index (Phi) is 5.25. The molecule has 1 rings (SSSR count). The average molecular weight is 257 g/mol. The zero-order valence-electron chi connectivity index (χ0n) is 9.96. The highest BCUT2D eigenvalue weighted by atomic mass is 35.5. The van der Waals surface area contributed by atoms with Gasteiger partial charge in [0.15, 0.2) is 0 Å². The van der Waals surface area contributed by atoms with Gasteiger partial charge in [-0.1, -0.05) is 17.7 Å². The molecule has 0 bridgehead atoms. The van der Waals surface area contributed by atoms with Crippen molar-refractivity contribution in [2.45, 2.75) is 26.4 Å². The molecule has 0 aromatic heterocycles. The van der Waals surface area contributed by atoms with E-state index in [0.717, 1.165) is 5.56 Å². The minimum Gasteiger partial charge on any atom is -0.393 e. The zero-order valence-corrected chi connectivity index (χ0v) is 10.7. The maximum atomic E-state index is 11.5. The van der Waals surface area contributed by atoms with E-state index in [0.29, 0.717) is 23.7 Å². The molecule has 0 saturated carbocycles. The number of carbonyl (C=O) groups excluding carboxylic acids is 1. The largest absolute Gasteiger partial charge is 0.393 e. The number of aliphatic hydroxyl groups excluding tert-OH is 1. The SMILES string of the molecule is Cc1ccc(Cl)c(NC(=O)NCCC(C)O)c1. The fourth-order valence-electron chi connectivity index (χ4n) is 1.30. The molecule has 2 amide bonds. The third kappa shape index (κ3) is 5.06. The number of hydrogen-bond donors (Lipinski definition) is 3. The zero-order chi connectivity index (χ0) is 12.8. The molecule has 94 valence electrons. The molecule has 0 radical (unpaired) electrons. The van der Waals surface area contributed by atoms with Crippen molar-refractivity contribution in [2.24, 2.45) is 0 Å². The van der Waals surface area contributed by atoms with Gasteiger partial charge in [0.25, 0.3) is 0 Å². The van der Waals surface area contributed by atoms with Crippen molar-refractivity contribution in [3.05, 3.63) is 28.8 Å². The number of urea groups is 1. The number of rotatable bonds is 4. The highest BCUT2D eigenvalue weighted by molar-refractivity contribution is 6.33. The smallest absolute Gasteiger partial charge is 0.319 e. The predicted molar refractivity (Wildman–Crippen MR) is 69.5 cm³/mol. The first-order valence-electron chi connectivity index (χ1n) is 5.48. The van der Waals surface area contributed by atoms with Crippen molar-refractivity contribution in [1.82, 2.24) is 5.32 Å². The lowest BCUT2D eigenvalue weighted by Gasteiger charge is -2.10. The molecule has 0 aliphatic heterocycles. The second kappa shape index (κ2) is 6.47. The van der Waals surface area contributed by atoms with Crippen LogP contribution in [0.15, 0.2) is 18.2 Å². The first kappa shape index (κ1) is 13.8. The van der Waals surface area contributed by atoms with Gasteiger partial charge in [-0.15, -0.1) is 0 Å². The molecular weight excluding hydrogens is 240 g/mol. The van der Waals surface area contributed by atoms with Crippen molar-refractivity contribution < 1.29 is 9.90 Å². The van der Waals surface area contributed by atoms with Crippen LogP contribution in [0.1, 0.15) is 18.9 Å². The number of aryl methyl sites for hydroxylation is 1. The highest BCUT2D eigenvalue weighted by Crippen LogP contribution is 2.22. The van der Waals surface area contributed by atoms with E-state index in [1.165, 1.54) is 0 Å². The Morgan fingerprint density at radius 2 is 2.24 bits per heavy atom. The Morgan fingerprint density at radius 3 is 2.88 bits per heavy atom. The fraction of sp³-hybridized carbons (Fsp3) is 0.417. The molecule has 17 heavy (non-hydrogen) atoms. The van der Waals surface area contributed by atoms with Crippen molar-refractivity contribution >= 4 is 23.3 Å². The van der Waals surface area contributed by atoms with Gasteiger partial charge in [-0.25, -0.2) is 4.79 Å². The van der Waals surface area contributed by atoms with Gasteiger partial charge in [-0.2, -0.15) is 0 Å². The maximum absolute atomic E-state index is 11.5. The van der Waals surface area contributed by atoms with Crippen LogP contribution in [0.5, 0.6) is 0 Å². The third-order valence-corrected chi connectivity index (χ3v) is 2.55. The van der Waals surface area contributed by atoms with Gasteiger partial charge in [0, 0.05) is 6.54 Å². The molecule has 1 atom stereocenters. The van der Waals surface area contributed by atoms with Gasteiger partial charge >= 0.3 is 6.03 Å². The van der Waals surface area contributed by atoms with Crippen molar-refractivity contribution in [3.8, 4) is 0 Å². The highest BCUT2D eigenvalue weighted by Gasteiger charge is 2.05. The van der Waals surface area contributed by atoms with E-state index in [4.69, 9.17) is 16.7 Å². The van der Waals surface area contributed by atoms with Gasteiger partial charge in [-0.3, -0.25) is 0 Å². The number of amides is 2. The lowest BCUT2D eigenvalue weighted by molar-refractivity contribution is 0.184. The van der Waals surface area contributed by atoms with Gasteiger partial charge in [0.05, 0.1) is 16.8 Å². The molecular formula is C12H17ClN2O2. The standard InChI is InChI=1S/C12H17ClN2O2/c1-8-3-4-10(13)11(7-8)15-12(17)14-6-5-9(2)16/h3-4,7,9,16H,5-6H2,1-2H3,(H2,14,15,17). The lowest BCUT2D eigenvalue weighted by Crippen LogP contribution is -2.31. The Morgan fingerprint density at radius 1 is 1.53 bits per heavy atom. The third-order valence-electron chi connectivity index (χ3n) is 2.22. The van der Waals surface area contributed by atoms with E-state index in [2.05, 4.69) is 10.6 Å². The van der Waals surface area contributed by atoms with Gasteiger partial charge in [0.2, 0.25) is 0 Å². The Labute approximate surface area is 106 Å². The van der Waals surface area contributed by atoms with Crippen LogP contribution in [0.2, 0.25) is 5.02 Å². The van der Waals surface area contributed by atoms with Crippen LogP contribution in [0.25, 0.3) is 0 Å². The quantitative estimate of drug-likeness (QED) is 0.775. The first-order valence-corrected chi connectivity index (χ1v) is 5.86. The van der Waals surface area contributed by atoms with E-state index >= 15 is 0 Å². The normalized spacial score (nSPS) is 12.0. The summed E-state index contributed by atoms with van der Waals surface area (Å²) in [7, 11) is 0. The van der Waals surface area contributed by atoms with Crippen LogP contribution in [-0.4, -0.2) is 23.8 Å². The second-order valence-corrected chi connectivity index (χ2v) is 4.41. The summed E-state index contributed by atoms with van der Waals surface area (Å²) < 4.78 is 0. The molecule has 0 fully saturated rings. The van der Waals surface area contributed by atoms with E-state index < -0.39 is 6.10 Å². The summed E-state index contributed by atoms with van der Waals surface area (Å²) >= 11 is 5.94. The number of anilines is 1. The summed E-state index contributed by atoms with van der Waals surface area (Å²) in [4.78, 5) is 11.5. The van der Waals surface area contributed by atoms with Crippen LogP contribution < -0.4 is 10.6 Å². The summed E-state index contributed by atoms with van der Waals surface area (Å²) in [6.45, 7) is 4.02. The number of halogens is 1. The van der Waals surface area contributed by atoms with Crippen LogP contribution in [0, 0.1) is 6.92 Å². The summed E-state index contributed by atoms with van der Waals surface area (Å²) in [5.41, 5.74) is 1.61. The minimum absolute atomic E-state index is 0.321. The predicted octanol–water partition coefficient (Wildman–Crippen LogP) is 2.54. The molecule has 4 nitrogen and oxygen atoms in total. The van der Waals surface area contributed by atoms with E-state index in [1.54, 1.807) is 19.1 Å². The van der Waals surface area contributed by atoms with Gasteiger partial charge in [-0.05, 0) is 38.0 Å². The van der Waals surface area contributed by atoms with Crippen molar-refractivity contribution in [2.75, 3.05) is 11.9 Å². The van der Waals surface area contributed by atoms with Crippen molar-refractivity contribution in [1.29, 1.82) is 0 Å². The summed E-state index contributed by atoms with van der Waals surface area (Å²) in [6.07, 6.45) is 0.104. The van der Waals surface area contributed by atoms with Crippen LogP contribution in [-0.2, 0) is 0 Å². The number of hydrogen-bond acceptors (Lipinski definition) is 2. The fourth-order valence-corrected chi connectivity index (χ4v) is 1.46. The number of carbonyl (C=O) groups is 1. The summed E-state index contributed by atoms with van der Waals surface area (Å²) in [6, 6.07) is 5.09. The molecule has 1 unspecified atom stereocenters. The first-order chi connectivity index (χ1) is 7.99. The maximum Gasteiger partial charge on any atom is 0.319 e. The molecule has 0 aliphatic carbocycles. The summed E-state index contributed by atoms with van der Waals surface area (Å²) in [5, 5.41) is 14.8. The van der Waals surface area contributed by atoms with Crippen LogP contribution >= 0.6 is 11.6 Å². The summed E-state index contributed by atoms with van der Waals surface area (Å²) in [5.74, 6) is 0. The van der Waals surface area contributed by atoms with Gasteiger partial charge in [0.1, 0.15) is 0 Å².